The number of aromatic nitrogens is 1. The molecule has 18 heavy (non-hydrogen) atoms. The Hall–Kier alpha value is -1.45. The van der Waals surface area contributed by atoms with Crippen molar-refractivity contribution in [2.24, 2.45) is 0 Å². The van der Waals surface area contributed by atoms with Gasteiger partial charge in [0, 0.05) is 6.20 Å². The number of ketones is 1. The van der Waals surface area contributed by atoms with Crippen LogP contribution in [0.25, 0.3) is 0 Å². The quantitative estimate of drug-likeness (QED) is 0.778. The van der Waals surface area contributed by atoms with E-state index in [1.165, 1.54) is 24.4 Å². The van der Waals surface area contributed by atoms with Gasteiger partial charge >= 0.3 is 0 Å². The summed E-state index contributed by atoms with van der Waals surface area (Å²) in [6, 6.07) is 5.69. The van der Waals surface area contributed by atoms with E-state index in [1.807, 2.05) is 0 Å². The number of pyridine rings is 1. The Bertz CT molecular complexity index is 628. The lowest BCUT2D eigenvalue weighted by Gasteiger charge is -2.05. The third kappa shape index (κ3) is 2.52. The van der Waals surface area contributed by atoms with E-state index in [4.69, 9.17) is 23.2 Å². The molecule has 0 atom stereocenters. The molecule has 2 rings (SSSR count). The summed E-state index contributed by atoms with van der Waals surface area (Å²) in [7, 11) is 0. The summed E-state index contributed by atoms with van der Waals surface area (Å²) >= 11 is 11.6. The first-order valence-electron chi connectivity index (χ1n) is 5.11. The standard InChI is InChI=1S/C13H8Cl2FNO/c1-7-2-3-11(16)9(4-7)13(18)12-10(15)5-8(14)6-17-12/h2-6H,1H3. The van der Waals surface area contributed by atoms with E-state index in [2.05, 4.69) is 4.98 Å². The van der Waals surface area contributed by atoms with Gasteiger partial charge < -0.3 is 0 Å². The Balaban J connectivity index is 2.51. The second kappa shape index (κ2) is 5.04. The lowest BCUT2D eigenvalue weighted by molar-refractivity contribution is 0.103. The van der Waals surface area contributed by atoms with Gasteiger partial charge in [-0.2, -0.15) is 0 Å². The van der Waals surface area contributed by atoms with Crippen LogP contribution >= 0.6 is 23.2 Å². The molecule has 92 valence electrons. The summed E-state index contributed by atoms with van der Waals surface area (Å²) in [5, 5.41) is 0.426. The lowest BCUT2D eigenvalue weighted by Crippen LogP contribution is -2.07. The van der Waals surface area contributed by atoms with Crippen molar-refractivity contribution in [2.75, 3.05) is 0 Å². The van der Waals surface area contributed by atoms with Gasteiger partial charge in [0.15, 0.2) is 0 Å². The van der Waals surface area contributed by atoms with Crippen molar-refractivity contribution in [2.45, 2.75) is 6.92 Å². The van der Waals surface area contributed by atoms with Crippen LogP contribution in [0.15, 0.2) is 30.5 Å². The van der Waals surface area contributed by atoms with Gasteiger partial charge in [-0.05, 0) is 25.1 Å². The van der Waals surface area contributed by atoms with Crippen LogP contribution in [0.2, 0.25) is 10.0 Å². The zero-order chi connectivity index (χ0) is 13.3. The van der Waals surface area contributed by atoms with Crippen LogP contribution in [0.5, 0.6) is 0 Å². The van der Waals surface area contributed by atoms with Crippen LogP contribution in [0.3, 0.4) is 0 Å². The Morgan fingerprint density at radius 3 is 2.67 bits per heavy atom. The third-order valence-electron chi connectivity index (χ3n) is 2.39. The maximum Gasteiger partial charge on any atom is 0.215 e. The maximum atomic E-state index is 13.6. The van der Waals surface area contributed by atoms with Crippen LogP contribution in [-0.4, -0.2) is 10.8 Å². The first kappa shape index (κ1) is 13.0. The first-order valence-corrected chi connectivity index (χ1v) is 5.86. The smallest absolute Gasteiger partial charge is 0.215 e. The van der Waals surface area contributed by atoms with E-state index in [0.717, 1.165) is 5.56 Å². The summed E-state index contributed by atoms with van der Waals surface area (Å²) in [5.41, 5.74) is 0.724. The molecule has 0 aliphatic carbocycles. The van der Waals surface area contributed by atoms with Crippen molar-refractivity contribution < 1.29 is 9.18 Å². The molecule has 0 saturated heterocycles. The Kier molecular flexibility index (Phi) is 3.64. The number of carbonyl (C=O) groups is 1. The fraction of sp³-hybridized carbons (Fsp3) is 0.0769. The van der Waals surface area contributed by atoms with E-state index < -0.39 is 11.6 Å². The van der Waals surface area contributed by atoms with Gasteiger partial charge in [-0.1, -0.05) is 34.8 Å². The van der Waals surface area contributed by atoms with Gasteiger partial charge in [0.05, 0.1) is 15.6 Å². The number of carbonyl (C=O) groups excluding carboxylic acids is 1. The van der Waals surface area contributed by atoms with Gasteiger partial charge in [0.25, 0.3) is 0 Å². The topological polar surface area (TPSA) is 30.0 Å². The minimum atomic E-state index is -0.599. The molecule has 0 radical (unpaired) electrons. The SMILES string of the molecule is Cc1ccc(F)c(C(=O)c2ncc(Cl)cc2Cl)c1. The monoisotopic (exact) mass is 283 g/mol. The number of hydrogen-bond acceptors (Lipinski definition) is 2. The summed E-state index contributed by atoms with van der Waals surface area (Å²) in [5.74, 6) is -1.16. The molecular formula is C13H8Cl2FNO. The molecule has 5 heteroatoms. The molecule has 0 aliphatic heterocycles. The van der Waals surface area contributed by atoms with Crippen LogP contribution in [-0.2, 0) is 0 Å². The average molecular weight is 284 g/mol. The van der Waals surface area contributed by atoms with Gasteiger partial charge in [-0.25, -0.2) is 9.37 Å². The Morgan fingerprint density at radius 2 is 2.00 bits per heavy atom. The van der Waals surface area contributed by atoms with Crippen molar-refractivity contribution in [1.82, 2.24) is 4.98 Å². The molecule has 1 aromatic heterocycles. The van der Waals surface area contributed by atoms with Crippen molar-refractivity contribution >= 4 is 29.0 Å². The summed E-state index contributed by atoms with van der Waals surface area (Å²) < 4.78 is 13.6. The average Bonchev–Trinajstić information content (AvgIpc) is 2.31. The minimum absolute atomic E-state index is 0.00873. The molecule has 2 nitrogen and oxygen atoms in total. The van der Waals surface area contributed by atoms with Gasteiger partial charge in [0.1, 0.15) is 11.5 Å². The van der Waals surface area contributed by atoms with E-state index in [-0.39, 0.29) is 16.3 Å². The highest BCUT2D eigenvalue weighted by Gasteiger charge is 2.18. The maximum absolute atomic E-state index is 13.6. The fourth-order valence-corrected chi connectivity index (χ4v) is 1.99. The molecule has 0 spiro atoms. The van der Waals surface area contributed by atoms with Crippen molar-refractivity contribution in [1.29, 1.82) is 0 Å². The van der Waals surface area contributed by atoms with Crippen molar-refractivity contribution in [3.05, 3.63) is 63.1 Å². The predicted molar refractivity (Wildman–Crippen MR) is 68.8 cm³/mol. The molecule has 1 heterocycles. The number of benzene rings is 1. The molecule has 0 aliphatic rings. The van der Waals surface area contributed by atoms with Gasteiger partial charge in [-0.3, -0.25) is 4.79 Å². The third-order valence-corrected chi connectivity index (χ3v) is 2.88. The largest absolute Gasteiger partial charge is 0.287 e. The van der Waals surface area contributed by atoms with E-state index in [1.54, 1.807) is 13.0 Å². The second-order valence-corrected chi connectivity index (χ2v) is 4.64. The minimum Gasteiger partial charge on any atom is -0.287 e. The first-order chi connectivity index (χ1) is 8.49. The molecule has 0 saturated carbocycles. The summed E-state index contributed by atoms with van der Waals surface area (Å²) in [6.07, 6.45) is 1.30. The van der Waals surface area contributed by atoms with Gasteiger partial charge in [-0.15, -0.1) is 0 Å². The molecule has 0 bridgehead atoms. The van der Waals surface area contributed by atoms with Gasteiger partial charge in [0.2, 0.25) is 5.78 Å². The number of nitrogens with zero attached hydrogens (tertiary/aromatic N) is 1. The highest BCUT2D eigenvalue weighted by atomic mass is 35.5. The second-order valence-electron chi connectivity index (χ2n) is 3.80. The summed E-state index contributed by atoms with van der Waals surface area (Å²) in [4.78, 5) is 16.0. The molecule has 0 unspecified atom stereocenters. The number of rotatable bonds is 2. The van der Waals surface area contributed by atoms with Crippen LogP contribution in [0.4, 0.5) is 4.39 Å². The predicted octanol–water partition coefficient (Wildman–Crippen LogP) is 4.07. The van der Waals surface area contributed by atoms with E-state index >= 15 is 0 Å². The van der Waals surface area contributed by atoms with E-state index in [0.29, 0.717) is 5.02 Å². The number of hydrogen-bond donors (Lipinski definition) is 0. The van der Waals surface area contributed by atoms with Crippen LogP contribution < -0.4 is 0 Å². The van der Waals surface area contributed by atoms with E-state index in [9.17, 15) is 9.18 Å². The van der Waals surface area contributed by atoms with Crippen LogP contribution in [0.1, 0.15) is 21.6 Å². The van der Waals surface area contributed by atoms with Crippen molar-refractivity contribution in [3.8, 4) is 0 Å². The van der Waals surface area contributed by atoms with Crippen LogP contribution in [0, 0.1) is 12.7 Å². The lowest BCUT2D eigenvalue weighted by atomic mass is 10.0. The molecule has 2 aromatic rings. The molecule has 0 N–H and O–H groups in total. The Morgan fingerprint density at radius 1 is 1.28 bits per heavy atom. The fourth-order valence-electron chi connectivity index (χ4n) is 1.52. The highest BCUT2D eigenvalue weighted by molar-refractivity contribution is 6.37. The molecular weight excluding hydrogens is 276 g/mol. The zero-order valence-electron chi connectivity index (χ0n) is 9.38. The van der Waals surface area contributed by atoms with Crippen molar-refractivity contribution in [3.63, 3.8) is 0 Å². The number of halogens is 3. The summed E-state index contributed by atoms with van der Waals surface area (Å²) in [6.45, 7) is 1.77. The Labute approximate surface area is 113 Å². The zero-order valence-corrected chi connectivity index (χ0v) is 10.9. The molecule has 1 aromatic carbocycles. The molecule has 0 fully saturated rings. The normalized spacial score (nSPS) is 10.4. The number of aryl methyl sites for hydroxylation is 1. The molecule has 0 amide bonds. The highest BCUT2D eigenvalue weighted by Crippen LogP contribution is 2.22.